The lowest BCUT2D eigenvalue weighted by Crippen LogP contribution is -2.32. The minimum atomic E-state index is -0.519. The first-order valence-corrected chi connectivity index (χ1v) is 10.4. The van der Waals surface area contributed by atoms with Crippen molar-refractivity contribution in [1.29, 1.82) is 0 Å². The average molecular weight is 392 g/mol. The van der Waals surface area contributed by atoms with E-state index in [1.165, 1.54) is 10.5 Å². The Morgan fingerprint density at radius 1 is 0.964 bits per heavy atom. The van der Waals surface area contributed by atoms with Gasteiger partial charge in [0.05, 0.1) is 0 Å². The number of ether oxygens (including phenoxy) is 1. The lowest BCUT2D eigenvalue weighted by molar-refractivity contribution is -0.122. The van der Waals surface area contributed by atoms with Gasteiger partial charge in [-0.1, -0.05) is 55.5 Å². The molecule has 1 amide bonds. The Bertz CT molecular complexity index is 894. The number of hydrogen-bond donors (Lipinski definition) is 1. The highest BCUT2D eigenvalue weighted by Crippen LogP contribution is 2.23. The second-order valence-electron chi connectivity index (χ2n) is 6.57. The number of anilines is 1. The molecule has 144 valence electrons. The van der Waals surface area contributed by atoms with Gasteiger partial charge in [-0.05, 0) is 54.8 Å². The SMILES string of the molecule is CCC(Oc1ccccc1C)C(=O)Nc1ccc(CSc2ccccc2)cc1. The summed E-state index contributed by atoms with van der Waals surface area (Å²) in [5, 5.41) is 2.96. The van der Waals surface area contributed by atoms with Gasteiger partial charge in [0.25, 0.3) is 5.91 Å². The van der Waals surface area contributed by atoms with Crippen molar-refractivity contribution in [3.8, 4) is 5.75 Å². The van der Waals surface area contributed by atoms with E-state index in [4.69, 9.17) is 4.74 Å². The standard InChI is InChI=1S/C24H25NO2S/c1-3-22(27-23-12-8-7-9-18(23)2)24(26)25-20-15-13-19(14-16-20)17-28-21-10-5-4-6-11-21/h4-16,22H,3,17H2,1-2H3,(H,25,26). The summed E-state index contributed by atoms with van der Waals surface area (Å²) in [6.45, 7) is 3.93. The van der Waals surface area contributed by atoms with Gasteiger partial charge in [-0.15, -0.1) is 11.8 Å². The van der Waals surface area contributed by atoms with E-state index >= 15 is 0 Å². The first kappa shape index (κ1) is 20.0. The number of thioether (sulfide) groups is 1. The van der Waals surface area contributed by atoms with Crippen LogP contribution in [0.25, 0.3) is 0 Å². The number of benzene rings is 3. The minimum absolute atomic E-state index is 0.128. The number of hydrogen-bond acceptors (Lipinski definition) is 3. The van der Waals surface area contributed by atoms with Crippen molar-refractivity contribution >= 4 is 23.4 Å². The zero-order valence-corrected chi connectivity index (χ0v) is 17.0. The van der Waals surface area contributed by atoms with Crippen LogP contribution >= 0.6 is 11.8 Å². The number of carbonyl (C=O) groups is 1. The molecule has 0 spiro atoms. The Labute approximate surface area is 171 Å². The third-order valence-corrected chi connectivity index (χ3v) is 5.48. The third-order valence-electron chi connectivity index (χ3n) is 4.40. The summed E-state index contributed by atoms with van der Waals surface area (Å²) in [4.78, 5) is 13.9. The van der Waals surface area contributed by atoms with Crippen molar-refractivity contribution in [2.24, 2.45) is 0 Å². The van der Waals surface area contributed by atoms with Gasteiger partial charge in [0.1, 0.15) is 5.75 Å². The molecular formula is C24H25NO2S. The summed E-state index contributed by atoms with van der Waals surface area (Å²) < 4.78 is 5.92. The second-order valence-corrected chi connectivity index (χ2v) is 7.62. The lowest BCUT2D eigenvalue weighted by Gasteiger charge is -2.18. The van der Waals surface area contributed by atoms with Crippen molar-refractivity contribution < 1.29 is 9.53 Å². The first-order valence-electron chi connectivity index (χ1n) is 9.45. The summed E-state index contributed by atoms with van der Waals surface area (Å²) in [6, 6.07) is 26.1. The molecule has 1 N–H and O–H groups in total. The molecule has 0 bridgehead atoms. The van der Waals surface area contributed by atoms with Crippen molar-refractivity contribution in [3.05, 3.63) is 90.0 Å². The van der Waals surface area contributed by atoms with Gasteiger partial charge in [-0.25, -0.2) is 0 Å². The van der Waals surface area contributed by atoms with E-state index in [2.05, 4.69) is 29.6 Å². The highest BCUT2D eigenvalue weighted by molar-refractivity contribution is 7.98. The Morgan fingerprint density at radius 2 is 1.64 bits per heavy atom. The number of amides is 1. The fourth-order valence-corrected chi connectivity index (χ4v) is 3.63. The zero-order chi connectivity index (χ0) is 19.8. The Hall–Kier alpha value is -2.72. The van der Waals surface area contributed by atoms with Crippen LogP contribution in [0, 0.1) is 6.92 Å². The minimum Gasteiger partial charge on any atom is -0.480 e. The first-order chi connectivity index (χ1) is 13.7. The molecule has 4 heteroatoms. The third kappa shape index (κ3) is 5.64. The van der Waals surface area contributed by atoms with E-state index in [0.29, 0.717) is 6.42 Å². The maximum Gasteiger partial charge on any atom is 0.265 e. The molecule has 3 aromatic carbocycles. The van der Waals surface area contributed by atoms with Gasteiger partial charge in [-0.2, -0.15) is 0 Å². The Balaban J connectivity index is 1.56. The van der Waals surface area contributed by atoms with Crippen LogP contribution in [0.5, 0.6) is 5.75 Å². The molecule has 3 aromatic rings. The smallest absolute Gasteiger partial charge is 0.265 e. The van der Waals surface area contributed by atoms with E-state index in [9.17, 15) is 4.79 Å². The van der Waals surface area contributed by atoms with E-state index in [1.54, 1.807) is 11.8 Å². The molecule has 0 radical (unpaired) electrons. The number of aryl methyl sites for hydroxylation is 1. The van der Waals surface area contributed by atoms with Crippen LogP contribution in [0.3, 0.4) is 0 Å². The van der Waals surface area contributed by atoms with E-state index in [-0.39, 0.29) is 5.91 Å². The molecule has 28 heavy (non-hydrogen) atoms. The summed E-state index contributed by atoms with van der Waals surface area (Å²) in [7, 11) is 0. The van der Waals surface area contributed by atoms with Crippen LogP contribution in [-0.4, -0.2) is 12.0 Å². The topological polar surface area (TPSA) is 38.3 Å². The Kier molecular flexibility index (Phi) is 7.15. The van der Waals surface area contributed by atoms with Crippen LogP contribution < -0.4 is 10.1 Å². The van der Waals surface area contributed by atoms with Gasteiger partial charge in [0.15, 0.2) is 6.10 Å². The van der Waals surface area contributed by atoms with E-state index < -0.39 is 6.10 Å². The van der Waals surface area contributed by atoms with E-state index in [0.717, 1.165) is 22.8 Å². The fraction of sp³-hybridized carbons (Fsp3) is 0.208. The molecule has 0 aromatic heterocycles. The predicted molar refractivity (Wildman–Crippen MR) is 117 cm³/mol. The van der Waals surface area contributed by atoms with Gasteiger partial charge in [0, 0.05) is 16.3 Å². The molecule has 0 heterocycles. The van der Waals surface area contributed by atoms with Crippen molar-refractivity contribution in [2.45, 2.75) is 37.0 Å². The molecular weight excluding hydrogens is 366 g/mol. The number of para-hydroxylation sites is 1. The average Bonchev–Trinajstić information content (AvgIpc) is 2.73. The van der Waals surface area contributed by atoms with Gasteiger partial charge in [0.2, 0.25) is 0 Å². The maximum absolute atomic E-state index is 12.6. The van der Waals surface area contributed by atoms with Crippen LogP contribution in [0.2, 0.25) is 0 Å². The van der Waals surface area contributed by atoms with E-state index in [1.807, 2.05) is 68.4 Å². The highest BCUT2D eigenvalue weighted by atomic mass is 32.2. The fourth-order valence-electron chi connectivity index (χ4n) is 2.75. The molecule has 0 aliphatic carbocycles. The molecule has 0 saturated carbocycles. The predicted octanol–water partition coefficient (Wildman–Crippen LogP) is 6.08. The second kappa shape index (κ2) is 10.00. The zero-order valence-electron chi connectivity index (χ0n) is 16.2. The molecule has 1 atom stereocenters. The van der Waals surface area contributed by atoms with Crippen LogP contribution in [0.4, 0.5) is 5.69 Å². The van der Waals surface area contributed by atoms with Crippen LogP contribution in [0.15, 0.2) is 83.8 Å². The largest absolute Gasteiger partial charge is 0.480 e. The molecule has 0 fully saturated rings. The number of carbonyl (C=O) groups excluding carboxylic acids is 1. The number of nitrogens with one attached hydrogen (secondary N) is 1. The molecule has 3 nitrogen and oxygen atoms in total. The Morgan fingerprint density at radius 3 is 2.32 bits per heavy atom. The van der Waals surface area contributed by atoms with Crippen LogP contribution in [0.1, 0.15) is 24.5 Å². The maximum atomic E-state index is 12.6. The van der Waals surface area contributed by atoms with Crippen LogP contribution in [-0.2, 0) is 10.5 Å². The quantitative estimate of drug-likeness (QED) is 0.473. The van der Waals surface area contributed by atoms with Gasteiger partial charge < -0.3 is 10.1 Å². The molecule has 3 rings (SSSR count). The highest BCUT2D eigenvalue weighted by Gasteiger charge is 2.19. The monoisotopic (exact) mass is 391 g/mol. The van der Waals surface area contributed by atoms with Gasteiger partial charge >= 0.3 is 0 Å². The molecule has 1 unspecified atom stereocenters. The summed E-state index contributed by atoms with van der Waals surface area (Å²) in [5.74, 6) is 1.52. The molecule has 0 aliphatic heterocycles. The normalized spacial score (nSPS) is 11.6. The molecule has 0 saturated heterocycles. The van der Waals surface area contributed by atoms with Crippen molar-refractivity contribution in [2.75, 3.05) is 5.32 Å². The van der Waals surface area contributed by atoms with Crippen molar-refractivity contribution in [3.63, 3.8) is 0 Å². The summed E-state index contributed by atoms with van der Waals surface area (Å²) >= 11 is 1.80. The summed E-state index contributed by atoms with van der Waals surface area (Å²) in [6.07, 6.45) is 0.0841. The summed E-state index contributed by atoms with van der Waals surface area (Å²) in [5.41, 5.74) is 3.02. The molecule has 0 aliphatic rings. The van der Waals surface area contributed by atoms with Gasteiger partial charge in [-0.3, -0.25) is 4.79 Å². The lowest BCUT2D eigenvalue weighted by atomic mass is 10.2. The van der Waals surface area contributed by atoms with Crippen molar-refractivity contribution in [1.82, 2.24) is 0 Å². The number of rotatable bonds is 8.